The summed E-state index contributed by atoms with van der Waals surface area (Å²) >= 11 is 0. The van der Waals surface area contributed by atoms with Crippen LogP contribution in [0.1, 0.15) is 32.8 Å². The number of aryl methyl sites for hydroxylation is 1. The van der Waals surface area contributed by atoms with Crippen molar-refractivity contribution >= 4 is 11.6 Å². The minimum Gasteiger partial charge on any atom is -0.508 e. The van der Waals surface area contributed by atoms with Gasteiger partial charge in [0.25, 0.3) is 0 Å². The molecule has 0 atom stereocenters. The summed E-state index contributed by atoms with van der Waals surface area (Å²) < 4.78 is 0. The number of Topliss-reactive ketones (excluding diaryl/α,β-unsaturated/α-hetero) is 2. The molecule has 0 aromatic heterocycles. The molecule has 3 heteroatoms. The van der Waals surface area contributed by atoms with E-state index < -0.39 is 5.41 Å². The Hall–Kier alpha value is -1.64. The average molecular weight is 234 g/mol. The predicted molar refractivity (Wildman–Crippen MR) is 65.9 cm³/mol. The first-order valence-electron chi connectivity index (χ1n) is 5.66. The monoisotopic (exact) mass is 234 g/mol. The molecule has 0 saturated heterocycles. The smallest absolute Gasteiger partial charge is 0.146 e. The van der Waals surface area contributed by atoms with E-state index in [1.807, 2.05) is 0 Å². The first kappa shape index (κ1) is 13.4. The number of phenols is 1. The molecule has 0 heterocycles. The van der Waals surface area contributed by atoms with Gasteiger partial charge in [-0.15, -0.1) is 0 Å². The molecule has 0 amide bonds. The summed E-state index contributed by atoms with van der Waals surface area (Å²) in [4.78, 5) is 23.2. The standard InChI is InChI=1S/C14H18O3/c1-10(15)14(2,3)13(17)9-6-11-4-7-12(16)8-5-11/h4-5,7-8,16H,6,9H2,1-3H3. The van der Waals surface area contributed by atoms with E-state index in [0.29, 0.717) is 12.8 Å². The van der Waals surface area contributed by atoms with E-state index in [0.717, 1.165) is 5.56 Å². The summed E-state index contributed by atoms with van der Waals surface area (Å²) in [7, 11) is 0. The summed E-state index contributed by atoms with van der Waals surface area (Å²) in [5.74, 6) is 0.0652. The molecule has 1 N–H and O–H groups in total. The van der Waals surface area contributed by atoms with Gasteiger partial charge in [0.15, 0.2) is 0 Å². The topological polar surface area (TPSA) is 54.4 Å². The van der Waals surface area contributed by atoms with Gasteiger partial charge in [0.1, 0.15) is 17.3 Å². The number of ketones is 2. The number of phenolic OH excluding ortho intramolecular Hbond substituents is 1. The van der Waals surface area contributed by atoms with Gasteiger partial charge in [-0.1, -0.05) is 12.1 Å². The Bertz CT molecular complexity index is 416. The molecular weight excluding hydrogens is 216 g/mol. The lowest BCUT2D eigenvalue weighted by atomic mass is 9.82. The van der Waals surface area contributed by atoms with Crippen LogP contribution in [0.15, 0.2) is 24.3 Å². The Morgan fingerprint density at radius 2 is 1.71 bits per heavy atom. The van der Waals surface area contributed by atoms with E-state index in [2.05, 4.69) is 0 Å². The van der Waals surface area contributed by atoms with Gasteiger partial charge in [0, 0.05) is 6.42 Å². The first-order chi connectivity index (χ1) is 7.84. The quantitative estimate of drug-likeness (QED) is 0.796. The van der Waals surface area contributed by atoms with Crippen LogP contribution in [-0.2, 0) is 16.0 Å². The van der Waals surface area contributed by atoms with Crippen molar-refractivity contribution in [3.63, 3.8) is 0 Å². The summed E-state index contributed by atoms with van der Waals surface area (Å²) in [6, 6.07) is 6.75. The fourth-order valence-corrected chi connectivity index (χ4v) is 1.43. The van der Waals surface area contributed by atoms with Gasteiger partial charge in [-0.25, -0.2) is 0 Å². The molecule has 0 saturated carbocycles. The lowest BCUT2D eigenvalue weighted by Gasteiger charge is -2.19. The number of carbonyl (C=O) groups is 2. The zero-order valence-electron chi connectivity index (χ0n) is 10.5. The van der Waals surface area contributed by atoms with Gasteiger partial charge in [-0.3, -0.25) is 9.59 Å². The molecule has 0 unspecified atom stereocenters. The predicted octanol–water partition coefficient (Wildman–Crippen LogP) is 2.51. The number of hydrogen-bond acceptors (Lipinski definition) is 3. The molecule has 1 aromatic rings. The van der Waals surface area contributed by atoms with Crippen LogP contribution in [0.4, 0.5) is 0 Å². The van der Waals surface area contributed by atoms with Crippen molar-refractivity contribution in [2.45, 2.75) is 33.6 Å². The van der Waals surface area contributed by atoms with Gasteiger partial charge >= 0.3 is 0 Å². The number of aromatic hydroxyl groups is 1. The lowest BCUT2D eigenvalue weighted by molar-refractivity contribution is -0.137. The highest BCUT2D eigenvalue weighted by Crippen LogP contribution is 2.21. The third-order valence-corrected chi connectivity index (χ3v) is 3.15. The van der Waals surface area contributed by atoms with E-state index in [1.165, 1.54) is 6.92 Å². The molecule has 0 aliphatic carbocycles. The maximum absolute atomic E-state index is 11.9. The Morgan fingerprint density at radius 3 is 2.18 bits per heavy atom. The third kappa shape index (κ3) is 3.41. The molecule has 1 aromatic carbocycles. The molecule has 0 radical (unpaired) electrons. The molecule has 0 aliphatic rings. The molecular formula is C14H18O3. The van der Waals surface area contributed by atoms with Gasteiger partial charge in [0.2, 0.25) is 0 Å². The van der Waals surface area contributed by atoms with Crippen molar-refractivity contribution in [2.75, 3.05) is 0 Å². The van der Waals surface area contributed by atoms with Crippen molar-refractivity contribution in [2.24, 2.45) is 5.41 Å². The molecule has 3 nitrogen and oxygen atoms in total. The Labute approximate surface area is 101 Å². The lowest BCUT2D eigenvalue weighted by Crippen LogP contribution is -2.31. The summed E-state index contributed by atoms with van der Waals surface area (Å²) in [5.41, 5.74) is 0.0900. The summed E-state index contributed by atoms with van der Waals surface area (Å²) in [5, 5.41) is 9.12. The third-order valence-electron chi connectivity index (χ3n) is 3.15. The van der Waals surface area contributed by atoms with Crippen LogP contribution < -0.4 is 0 Å². The van der Waals surface area contributed by atoms with Crippen molar-refractivity contribution in [3.05, 3.63) is 29.8 Å². The Kier molecular flexibility index (Phi) is 4.05. The first-order valence-corrected chi connectivity index (χ1v) is 5.66. The van der Waals surface area contributed by atoms with Gasteiger partial charge in [0.05, 0.1) is 5.41 Å². The number of carbonyl (C=O) groups excluding carboxylic acids is 2. The Balaban J connectivity index is 2.60. The largest absolute Gasteiger partial charge is 0.508 e. The van der Waals surface area contributed by atoms with Crippen LogP contribution in [0.2, 0.25) is 0 Å². The fourth-order valence-electron chi connectivity index (χ4n) is 1.43. The molecule has 92 valence electrons. The molecule has 0 aliphatic heterocycles. The minimum atomic E-state index is -0.892. The van der Waals surface area contributed by atoms with Crippen LogP contribution in [0.3, 0.4) is 0 Å². The van der Waals surface area contributed by atoms with E-state index in [4.69, 9.17) is 5.11 Å². The number of rotatable bonds is 5. The van der Waals surface area contributed by atoms with Gasteiger partial charge in [-0.05, 0) is 44.9 Å². The highest BCUT2D eigenvalue weighted by Gasteiger charge is 2.31. The number of benzene rings is 1. The van der Waals surface area contributed by atoms with Crippen molar-refractivity contribution in [3.8, 4) is 5.75 Å². The zero-order chi connectivity index (χ0) is 13.1. The van der Waals surface area contributed by atoms with Crippen molar-refractivity contribution < 1.29 is 14.7 Å². The molecule has 1 rings (SSSR count). The highest BCUT2D eigenvalue weighted by molar-refractivity contribution is 6.05. The highest BCUT2D eigenvalue weighted by atomic mass is 16.3. The molecule has 0 fully saturated rings. The summed E-state index contributed by atoms with van der Waals surface area (Å²) in [6.45, 7) is 4.77. The van der Waals surface area contributed by atoms with E-state index in [9.17, 15) is 9.59 Å². The second-order valence-electron chi connectivity index (χ2n) is 4.77. The second kappa shape index (κ2) is 5.13. The van der Waals surface area contributed by atoms with E-state index in [1.54, 1.807) is 38.1 Å². The molecule has 0 bridgehead atoms. The normalized spacial score (nSPS) is 11.2. The van der Waals surface area contributed by atoms with Crippen molar-refractivity contribution in [1.29, 1.82) is 0 Å². The Morgan fingerprint density at radius 1 is 1.18 bits per heavy atom. The fraction of sp³-hybridized carbons (Fsp3) is 0.429. The van der Waals surface area contributed by atoms with Gasteiger partial charge in [-0.2, -0.15) is 0 Å². The van der Waals surface area contributed by atoms with Crippen LogP contribution >= 0.6 is 0 Å². The number of hydrogen-bond donors (Lipinski definition) is 1. The van der Waals surface area contributed by atoms with Crippen LogP contribution in [0.25, 0.3) is 0 Å². The maximum Gasteiger partial charge on any atom is 0.146 e. The van der Waals surface area contributed by atoms with Crippen LogP contribution in [0.5, 0.6) is 5.75 Å². The zero-order valence-corrected chi connectivity index (χ0v) is 10.5. The SMILES string of the molecule is CC(=O)C(C)(C)C(=O)CCc1ccc(O)cc1. The van der Waals surface area contributed by atoms with Crippen molar-refractivity contribution in [1.82, 2.24) is 0 Å². The second-order valence-corrected chi connectivity index (χ2v) is 4.77. The van der Waals surface area contributed by atoms with Gasteiger partial charge < -0.3 is 5.11 Å². The van der Waals surface area contributed by atoms with Crippen LogP contribution in [-0.4, -0.2) is 16.7 Å². The van der Waals surface area contributed by atoms with E-state index >= 15 is 0 Å². The average Bonchev–Trinajstić information content (AvgIpc) is 2.27. The molecule has 0 spiro atoms. The summed E-state index contributed by atoms with van der Waals surface area (Å²) in [6.07, 6.45) is 0.938. The minimum absolute atomic E-state index is 0.0434. The molecule has 17 heavy (non-hydrogen) atoms. The maximum atomic E-state index is 11.9. The van der Waals surface area contributed by atoms with E-state index in [-0.39, 0.29) is 17.3 Å². The van der Waals surface area contributed by atoms with Crippen LogP contribution in [0, 0.1) is 5.41 Å².